The summed E-state index contributed by atoms with van der Waals surface area (Å²) in [6.07, 6.45) is 23.0. The average molecular weight is 318 g/mol. The Balaban J connectivity index is 3.65. The molecule has 0 atom stereocenters. The molecule has 0 heterocycles. The second-order valence-electron chi connectivity index (χ2n) is 5.42. The third kappa shape index (κ3) is 18.1. The molecule has 0 aromatic carbocycles. The highest BCUT2D eigenvalue weighted by Crippen LogP contribution is 2.01. The van der Waals surface area contributed by atoms with Crippen LogP contribution in [0.15, 0.2) is 48.6 Å². The van der Waals surface area contributed by atoms with Crippen molar-refractivity contribution in [2.75, 3.05) is 0 Å². The topological polar surface area (TPSA) is 54.4 Å². The van der Waals surface area contributed by atoms with Crippen LogP contribution >= 0.6 is 0 Å². The highest BCUT2D eigenvalue weighted by Gasteiger charge is 1.94. The number of aliphatic carboxylic acids is 1. The van der Waals surface area contributed by atoms with Crippen molar-refractivity contribution in [2.24, 2.45) is 0 Å². The standard InChI is InChI=1S/C20H30O3/c1-2-3-4-5-6-7-8-9-10-13-16-19(21)17-14-11-12-15-18-20(22)23/h6-7,9-11,13-14,16H,2-5,8,12,15,17-18H2,1H3,(H,22,23)/b7-6+,10-9+,14-11+,16-13+. The number of carbonyl (C=O) groups excluding carboxylic acids is 1. The van der Waals surface area contributed by atoms with Crippen LogP contribution in [0, 0.1) is 0 Å². The first-order chi connectivity index (χ1) is 11.2. The van der Waals surface area contributed by atoms with Crippen molar-refractivity contribution in [3.8, 4) is 0 Å². The van der Waals surface area contributed by atoms with Crippen LogP contribution in [0.5, 0.6) is 0 Å². The summed E-state index contributed by atoms with van der Waals surface area (Å²) in [4.78, 5) is 21.9. The van der Waals surface area contributed by atoms with Crippen LogP contribution in [0.3, 0.4) is 0 Å². The van der Waals surface area contributed by atoms with Gasteiger partial charge in [0.25, 0.3) is 0 Å². The van der Waals surface area contributed by atoms with Crippen LogP contribution < -0.4 is 0 Å². The normalized spacial score (nSPS) is 12.2. The summed E-state index contributed by atoms with van der Waals surface area (Å²) in [7, 11) is 0. The number of carboxylic acid groups (broad SMARTS) is 1. The molecule has 0 rings (SSSR count). The summed E-state index contributed by atoms with van der Waals surface area (Å²) in [6, 6.07) is 0. The van der Waals surface area contributed by atoms with E-state index in [1.807, 2.05) is 18.2 Å². The van der Waals surface area contributed by atoms with Crippen molar-refractivity contribution < 1.29 is 14.7 Å². The molecule has 0 bridgehead atoms. The van der Waals surface area contributed by atoms with Crippen LogP contribution in [0.2, 0.25) is 0 Å². The Kier molecular flexibility index (Phi) is 15.1. The predicted molar refractivity (Wildman–Crippen MR) is 96.4 cm³/mol. The summed E-state index contributed by atoms with van der Waals surface area (Å²) < 4.78 is 0. The number of rotatable bonds is 14. The van der Waals surface area contributed by atoms with Gasteiger partial charge in [-0.1, -0.05) is 62.3 Å². The molecular formula is C20H30O3. The average Bonchev–Trinajstić information content (AvgIpc) is 2.52. The molecule has 0 aliphatic rings. The molecule has 0 amide bonds. The quantitative estimate of drug-likeness (QED) is 0.202. The third-order valence-corrected chi connectivity index (χ3v) is 3.19. The van der Waals surface area contributed by atoms with Crippen molar-refractivity contribution in [2.45, 2.75) is 64.7 Å². The minimum Gasteiger partial charge on any atom is -0.481 e. The molecule has 3 nitrogen and oxygen atoms in total. The molecule has 0 saturated carbocycles. The first kappa shape index (κ1) is 21.1. The van der Waals surface area contributed by atoms with Gasteiger partial charge in [-0.2, -0.15) is 0 Å². The monoisotopic (exact) mass is 318 g/mol. The van der Waals surface area contributed by atoms with E-state index < -0.39 is 5.97 Å². The van der Waals surface area contributed by atoms with Gasteiger partial charge < -0.3 is 5.11 Å². The zero-order valence-corrected chi connectivity index (χ0v) is 14.2. The van der Waals surface area contributed by atoms with Crippen molar-refractivity contribution in [1.82, 2.24) is 0 Å². The Bertz CT molecular complexity index is 428. The summed E-state index contributed by atoms with van der Waals surface area (Å²) in [5.41, 5.74) is 0. The van der Waals surface area contributed by atoms with Gasteiger partial charge in [0.1, 0.15) is 0 Å². The lowest BCUT2D eigenvalue weighted by Crippen LogP contribution is -1.92. The highest BCUT2D eigenvalue weighted by atomic mass is 16.4. The van der Waals surface area contributed by atoms with Gasteiger partial charge in [0.15, 0.2) is 5.78 Å². The molecule has 3 heteroatoms. The van der Waals surface area contributed by atoms with E-state index in [1.54, 1.807) is 18.2 Å². The van der Waals surface area contributed by atoms with Crippen molar-refractivity contribution in [1.29, 1.82) is 0 Å². The SMILES string of the molecule is CCCCC/C=C/C/C=C/C=C/C(=O)C/C=C/CCCC(=O)O. The minimum atomic E-state index is -0.778. The molecule has 0 radical (unpaired) electrons. The number of carbonyl (C=O) groups is 2. The zero-order valence-electron chi connectivity index (χ0n) is 14.2. The van der Waals surface area contributed by atoms with Crippen molar-refractivity contribution in [3.05, 3.63) is 48.6 Å². The molecule has 1 N–H and O–H groups in total. The van der Waals surface area contributed by atoms with E-state index in [9.17, 15) is 9.59 Å². The fraction of sp³-hybridized carbons (Fsp3) is 0.500. The fourth-order valence-electron chi connectivity index (χ4n) is 1.88. The van der Waals surface area contributed by atoms with Crippen molar-refractivity contribution >= 4 is 11.8 Å². The van der Waals surface area contributed by atoms with Crippen LogP contribution in [0.1, 0.15) is 64.7 Å². The minimum absolute atomic E-state index is 0.0549. The van der Waals surface area contributed by atoms with Gasteiger partial charge in [0.05, 0.1) is 0 Å². The third-order valence-electron chi connectivity index (χ3n) is 3.19. The molecule has 128 valence electrons. The summed E-state index contributed by atoms with van der Waals surface area (Å²) >= 11 is 0. The number of hydrogen-bond donors (Lipinski definition) is 1. The predicted octanol–water partition coefficient (Wildman–Crippen LogP) is 5.40. The summed E-state index contributed by atoms with van der Waals surface area (Å²) in [5, 5.41) is 8.48. The van der Waals surface area contributed by atoms with Crippen LogP contribution in [-0.2, 0) is 9.59 Å². The maximum atomic E-state index is 11.5. The van der Waals surface area contributed by atoms with E-state index in [1.165, 1.54) is 19.3 Å². The Morgan fingerprint density at radius 1 is 0.870 bits per heavy atom. The van der Waals surface area contributed by atoms with Gasteiger partial charge in [-0.05, 0) is 38.2 Å². The Morgan fingerprint density at radius 2 is 1.61 bits per heavy atom. The lowest BCUT2D eigenvalue weighted by Gasteiger charge is -1.91. The van der Waals surface area contributed by atoms with Gasteiger partial charge in [-0.25, -0.2) is 0 Å². The van der Waals surface area contributed by atoms with E-state index in [0.717, 1.165) is 12.8 Å². The summed E-state index contributed by atoms with van der Waals surface area (Å²) in [5.74, 6) is -0.723. The molecule has 23 heavy (non-hydrogen) atoms. The number of allylic oxidation sites excluding steroid dienone is 8. The summed E-state index contributed by atoms with van der Waals surface area (Å²) in [6.45, 7) is 2.20. The molecular weight excluding hydrogens is 288 g/mol. The molecule has 0 aromatic rings. The van der Waals surface area contributed by atoms with E-state index in [0.29, 0.717) is 19.3 Å². The lowest BCUT2D eigenvalue weighted by atomic mass is 10.2. The number of carboxylic acids is 1. The molecule has 0 fully saturated rings. The Morgan fingerprint density at radius 3 is 2.35 bits per heavy atom. The second kappa shape index (κ2) is 16.5. The van der Waals surface area contributed by atoms with E-state index in [4.69, 9.17) is 5.11 Å². The molecule has 0 saturated heterocycles. The van der Waals surface area contributed by atoms with Crippen molar-refractivity contribution in [3.63, 3.8) is 0 Å². The largest absolute Gasteiger partial charge is 0.481 e. The molecule has 0 aromatic heterocycles. The maximum absolute atomic E-state index is 11.5. The van der Waals surface area contributed by atoms with E-state index in [2.05, 4.69) is 19.1 Å². The molecule has 0 aliphatic heterocycles. The van der Waals surface area contributed by atoms with Gasteiger partial charge in [0, 0.05) is 12.8 Å². The fourth-order valence-corrected chi connectivity index (χ4v) is 1.88. The smallest absolute Gasteiger partial charge is 0.303 e. The van der Waals surface area contributed by atoms with Gasteiger partial charge >= 0.3 is 5.97 Å². The van der Waals surface area contributed by atoms with Gasteiger partial charge in [-0.3, -0.25) is 9.59 Å². The molecule has 0 spiro atoms. The first-order valence-electron chi connectivity index (χ1n) is 8.54. The van der Waals surface area contributed by atoms with Crippen LogP contribution in [0.4, 0.5) is 0 Å². The number of unbranched alkanes of at least 4 members (excludes halogenated alkanes) is 4. The van der Waals surface area contributed by atoms with Gasteiger partial charge in [-0.15, -0.1) is 0 Å². The molecule has 0 aliphatic carbocycles. The number of hydrogen-bond acceptors (Lipinski definition) is 2. The van der Waals surface area contributed by atoms with Crippen LogP contribution in [0.25, 0.3) is 0 Å². The molecule has 0 unspecified atom stereocenters. The zero-order chi connectivity index (χ0) is 17.2. The highest BCUT2D eigenvalue weighted by molar-refractivity contribution is 5.90. The Hall–Kier alpha value is -1.90. The van der Waals surface area contributed by atoms with Gasteiger partial charge in [0.2, 0.25) is 0 Å². The van der Waals surface area contributed by atoms with Crippen LogP contribution in [-0.4, -0.2) is 16.9 Å². The second-order valence-corrected chi connectivity index (χ2v) is 5.42. The maximum Gasteiger partial charge on any atom is 0.303 e. The lowest BCUT2D eigenvalue weighted by molar-refractivity contribution is -0.137. The van der Waals surface area contributed by atoms with E-state index in [-0.39, 0.29) is 12.2 Å². The number of ketones is 1. The first-order valence-corrected chi connectivity index (χ1v) is 8.54. The van der Waals surface area contributed by atoms with E-state index >= 15 is 0 Å². The Labute approximate surface area is 140 Å².